The van der Waals surface area contributed by atoms with Crippen molar-refractivity contribution >= 4 is 34.8 Å². The number of carbonyl (C=O) groups is 1. The van der Waals surface area contributed by atoms with Gasteiger partial charge in [0.25, 0.3) is 0 Å². The first kappa shape index (κ1) is 12.8. The van der Waals surface area contributed by atoms with E-state index in [2.05, 4.69) is 0 Å². The van der Waals surface area contributed by atoms with Crippen molar-refractivity contribution in [1.29, 1.82) is 5.26 Å². The van der Waals surface area contributed by atoms with Crippen molar-refractivity contribution in [3.8, 4) is 6.07 Å². The van der Waals surface area contributed by atoms with E-state index < -0.39 is 5.91 Å². The zero-order chi connectivity index (χ0) is 12.3. The molecule has 0 bridgehead atoms. The van der Waals surface area contributed by atoms with Crippen LogP contribution in [0.4, 0.5) is 5.69 Å². The summed E-state index contributed by atoms with van der Waals surface area (Å²) in [6.07, 6.45) is 0. The van der Waals surface area contributed by atoms with Crippen LogP contribution in [0.1, 0.15) is 13.8 Å². The Morgan fingerprint density at radius 3 is 2.44 bits per heavy atom. The van der Waals surface area contributed by atoms with Crippen molar-refractivity contribution in [2.45, 2.75) is 19.9 Å². The number of halogens is 2. The minimum Gasteiger partial charge on any atom is -0.297 e. The number of hydrogen-bond acceptors (Lipinski definition) is 2. The summed E-state index contributed by atoms with van der Waals surface area (Å²) in [7, 11) is 0. The molecule has 1 aromatic rings. The van der Waals surface area contributed by atoms with E-state index in [-0.39, 0.29) is 6.04 Å². The molecule has 16 heavy (non-hydrogen) atoms. The van der Waals surface area contributed by atoms with Crippen LogP contribution >= 0.6 is 23.2 Å². The second-order valence-electron chi connectivity index (χ2n) is 3.48. The maximum absolute atomic E-state index is 11.4. The molecule has 0 atom stereocenters. The molecule has 0 saturated carbocycles. The van der Waals surface area contributed by atoms with Crippen LogP contribution in [0.15, 0.2) is 18.2 Å². The fourth-order valence-corrected chi connectivity index (χ4v) is 1.63. The Morgan fingerprint density at radius 1 is 1.38 bits per heavy atom. The second kappa shape index (κ2) is 5.20. The molecule has 0 saturated heterocycles. The quantitative estimate of drug-likeness (QED) is 0.763. The summed E-state index contributed by atoms with van der Waals surface area (Å²) in [4.78, 5) is 12.8. The van der Waals surface area contributed by atoms with Gasteiger partial charge in [-0.1, -0.05) is 23.2 Å². The fraction of sp³-hybridized carbons (Fsp3) is 0.273. The van der Waals surface area contributed by atoms with E-state index in [0.29, 0.717) is 15.7 Å². The Bertz CT molecular complexity index is 452. The monoisotopic (exact) mass is 256 g/mol. The topological polar surface area (TPSA) is 44.1 Å². The Kier molecular flexibility index (Phi) is 4.17. The standard InChI is InChI=1S/C11H10Cl2N2O/c1-7(2)15(11(16)6-14)8-3-4-9(12)10(13)5-8/h3-5,7H,1-2H3. The van der Waals surface area contributed by atoms with Gasteiger partial charge < -0.3 is 0 Å². The summed E-state index contributed by atoms with van der Waals surface area (Å²) in [5.41, 5.74) is 0.566. The average Bonchev–Trinajstić information content (AvgIpc) is 2.22. The highest BCUT2D eigenvalue weighted by Gasteiger charge is 2.19. The van der Waals surface area contributed by atoms with Gasteiger partial charge in [-0.2, -0.15) is 5.26 Å². The third-order valence-corrected chi connectivity index (χ3v) is 2.75. The first-order valence-corrected chi connectivity index (χ1v) is 5.41. The zero-order valence-corrected chi connectivity index (χ0v) is 10.4. The maximum Gasteiger partial charge on any atom is 0.329 e. The van der Waals surface area contributed by atoms with Crippen molar-refractivity contribution in [3.63, 3.8) is 0 Å². The van der Waals surface area contributed by atoms with Gasteiger partial charge in [-0.15, -0.1) is 0 Å². The van der Waals surface area contributed by atoms with E-state index in [4.69, 9.17) is 28.5 Å². The van der Waals surface area contributed by atoms with Crippen molar-refractivity contribution in [1.82, 2.24) is 0 Å². The molecule has 0 heterocycles. The van der Waals surface area contributed by atoms with Crippen LogP contribution in [0.25, 0.3) is 0 Å². The van der Waals surface area contributed by atoms with E-state index >= 15 is 0 Å². The lowest BCUT2D eigenvalue weighted by Crippen LogP contribution is -2.35. The number of anilines is 1. The van der Waals surface area contributed by atoms with Crippen LogP contribution in [0.2, 0.25) is 10.0 Å². The lowest BCUT2D eigenvalue weighted by Gasteiger charge is -2.24. The highest BCUT2D eigenvalue weighted by Crippen LogP contribution is 2.28. The lowest BCUT2D eigenvalue weighted by atomic mass is 10.2. The van der Waals surface area contributed by atoms with Gasteiger partial charge in [-0.05, 0) is 32.0 Å². The molecule has 84 valence electrons. The molecule has 0 aliphatic heterocycles. The Balaban J connectivity index is 3.18. The predicted octanol–water partition coefficient (Wildman–Crippen LogP) is 3.26. The summed E-state index contributed by atoms with van der Waals surface area (Å²) < 4.78 is 0. The highest BCUT2D eigenvalue weighted by atomic mass is 35.5. The maximum atomic E-state index is 11.4. The minimum absolute atomic E-state index is 0.121. The Morgan fingerprint density at radius 2 is 2.00 bits per heavy atom. The number of nitriles is 1. The molecule has 0 N–H and O–H groups in total. The third kappa shape index (κ3) is 2.66. The van der Waals surface area contributed by atoms with Crippen LogP contribution < -0.4 is 4.90 Å². The molecule has 0 unspecified atom stereocenters. The summed E-state index contributed by atoms with van der Waals surface area (Å²) in [6.45, 7) is 3.63. The largest absolute Gasteiger partial charge is 0.329 e. The summed E-state index contributed by atoms with van der Waals surface area (Å²) >= 11 is 11.6. The Hall–Kier alpha value is -1.24. The molecule has 0 aliphatic carbocycles. The van der Waals surface area contributed by atoms with Gasteiger partial charge in [-0.25, -0.2) is 0 Å². The first-order chi connectivity index (χ1) is 7.47. The van der Waals surface area contributed by atoms with Crippen molar-refractivity contribution in [2.24, 2.45) is 0 Å². The van der Waals surface area contributed by atoms with Crippen molar-refractivity contribution in [3.05, 3.63) is 28.2 Å². The van der Waals surface area contributed by atoms with Gasteiger partial charge in [0.15, 0.2) is 6.07 Å². The number of benzene rings is 1. The van der Waals surface area contributed by atoms with Crippen LogP contribution in [-0.2, 0) is 4.79 Å². The summed E-state index contributed by atoms with van der Waals surface area (Å²) in [5.74, 6) is -0.617. The van der Waals surface area contributed by atoms with Gasteiger partial charge in [0.2, 0.25) is 0 Å². The van der Waals surface area contributed by atoms with Gasteiger partial charge in [0.05, 0.1) is 10.0 Å². The number of nitrogens with zero attached hydrogens (tertiary/aromatic N) is 2. The third-order valence-electron chi connectivity index (χ3n) is 2.01. The van der Waals surface area contributed by atoms with E-state index in [1.165, 1.54) is 4.90 Å². The molecule has 0 spiro atoms. The molecule has 0 aliphatic rings. The molecule has 1 rings (SSSR count). The normalized spacial score (nSPS) is 10.0. The smallest absolute Gasteiger partial charge is 0.297 e. The highest BCUT2D eigenvalue weighted by molar-refractivity contribution is 6.42. The van der Waals surface area contributed by atoms with E-state index in [1.807, 2.05) is 13.8 Å². The number of hydrogen-bond donors (Lipinski definition) is 0. The van der Waals surface area contributed by atoms with Crippen LogP contribution in [0.3, 0.4) is 0 Å². The molecular formula is C11H10Cl2N2O. The number of amides is 1. The SMILES string of the molecule is CC(C)N(C(=O)C#N)c1ccc(Cl)c(Cl)c1. The van der Waals surface area contributed by atoms with Crippen LogP contribution in [0, 0.1) is 11.3 Å². The average molecular weight is 257 g/mol. The molecule has 3 nitrogen and oxygen atoms in total. The van der Waals surface area contributed by atoms with Gasteiger partial charge in [-0.3, -0.25) is 9.69 Å². The van der Waals surface area contributed by atoms with E-state index in [1.54, 1.807) is 24.3 Å². The minimum atomic E-state index is -0.617. The van der Waals surface area contributed by atoms with Crippen molar-refractivity contribution < 1.29 is 4.79 Å². The summed E-state index contributed by atoms with van der Waals surface area (Å²) in [6, 6.07) is 6.29. The van der Waals surface area contributed by atoms with Crippen LogP contribution in [-0.4, -0.2) is 11.9 Å². The molecule has 0 radical (unpaired) electrons. The van der Waals surface area contributed by atoms with E-state index in [0.717, 1.165) is 0 Å². The molecule has 0 aromatic heterocycles. The van der Waals surface area contributed by atoms with Gasteiger partial charge >= 0.3 is 5.91 Å². The van der Waals surface area contributed by atoms with Crippen molar-refractivity contribution in [2.75, 3.05) is 4.90 Å². The second-order valence-corrected chi connectivity index (χ2v) is 4.29. The first-order valence-electron chi connectivity index (χ1n) is 4.65. The van der Waals surface area contributed by atoms with Crippen LogP contribution in [0.5, 0.6) is 0 Å². The molecule has 1 amide bonds. The predicted molar refractivity (Wildman–Crippen MR) is 64.7 cm³/mol. The number of rotatable bonds is 2. The van der Waals surface area contributed by atoms with Gasteiger partial charge in [0, 0.05) is 11.7 Å². The molecular weight excluding hydrogens is 247 g/mol. The molecule has 0 fully saturated rings. The molecule has 5 heteroatoms. The lowest BCUT2D eigenvalue weighted by molar-refractivity contribution is -0.113. The summed E-state index contributed by atoms with van der Waals surface area (Å²) in [5, 5.41) is 9.41. The number of carbonyl (C=O) groups excluding carboxylic acids is 1. The van der Waals surface area contributed by atoms with E-state index in [9.17, 15) is 4.79 Å². The zero-order valence-electron chi connectivity index (χ0n) is 8.87. The fourth-order valence-electron chi connectivity index (χ4n) is 1.34. The Labute approximate surface area is 104 Å². The van der Waals surface area contributed by atoms with Gasteiger partial charge in [0.1, 0.15) is 0 Å². The molecule has 1 aromatic carbocycles.